The number of hydrogen-bond acceptors (Lipinski definition) is 5. The van der Waals surface area contributed by atoms with Gasteiger partial charge < -0.3 is 4.90 Å². The first kappa shape index (κ1) is 17.4. The van der Waals surface area contributed by atoms with Gasteiger partial charge >= 0.3 is 0 Å². The van der Waals surface area contributed by atoms with E-state index in [0.717, 1.165) is 5.01 Å². The molecule has 0 N–H and O–H groups in total. The predicted octanol–water partition coefficient (Wildman–Crippen LogP) is 1.55. The normalized spacial score (nSPS) is 18.3. The van der Waals surface area contributed by atoms with Gasteiger partial charge in [0.25, 0.3) is 5.91 Å². The quantitative estimate of drug-likeness (QED) is 0.815. The minimum atomic E-state index is -3.20. The number of carbonyl (C=O) groups excluding carboxylic acids is 1. The molecule has 8 heteroatoms. The van der Waals surface area contributed by atoms with Gasteiger partial charge in [-0.15, -0.1) is 11.3 Å². The van der Waals surface area contributed by atoms with E-state index < -0.39 is 10.0 Å². The summed E-state index contributed by atoms with van der Waals surface area (Å²) in [5, 5.41) is 2.73. The molecule has 1 fully saturated rings. The number of hydrogen-bond donors (Lipinski definition) is 0. The highest BCUT2D eigenvalue weighted by Crippen LogP contribution is 2.26. The Bertz CT molecular complexity index is 647. The van der Waals surface area contributed by atoms with E-state index in [4.69, 9.17) is 0 Å². The lowest BCUT2D eigenvalue weighted by atomic mass is 9.98. The maximum absolute atomic E-state index is 12.6. The van der Waals surface area contributed by atoms with Crippen LogP contribution in [0, 0.1) is 0 Å². The van der Waals surface area contributed by atoms with Crippen molar-refractivity contribution in [2.75, 3.05) is 32.4 Å². The fourth-order valence-electron chi connectivity index (χ4n) is 2.31. The monoisotopic (exact) mass is 345 g/mol. The average Bonchev–Trinajstić information content (AvgIpc) is 2.74. The SMILES string of the molecule is CC(C)(C)c1nc(C(=O)N2CCCN(S(C)(=O)=O)CC2)cs1. The van der Waals surface area contributed by atoms with Gasteiger partial charge in [0.1, 0.15) is 5.69 Å². The number of carbonyl (C=O) groups is 1. The third kappa shape index (κ3) is 4.05. The molecule has 1 aromatic heterocycles. The fourth-order valence-corrected chi connectivity index (χ4v) is 4.06. The van der Waals surface area contributed by atoms with Gasteiger partial charge in [-0.3, -0.25) is 4.79 Å². The molecule has 0 bridgehead atoms. The molecule has 0 spiro atoms. The molecule has 0 saturated carbocycles. The van der Waals surface area contributed by atoms with Gasteiger partial charge in [0.15, 0.2) is 0 Å². The summed E-state index contributed by atoms with van der Waals surface area (Å²) >= 11 is 1.49. The number of rotatable bonds is 2. The van der Waals surface area contributed by atoms with E-state index in [9.17, 15) is 13.2 Å². The van der Waals surface area contributed by atoms with E-state index in [1.165, 1.54) is 21.9 Å². The predicted molar refractivity (Wildman–Crippen MR) is 87.8 cm³/mol. The second-order valence-electron chi connectivity index (χ2n) is 6.60. The van der Waals surface area contributed by atoms with Crippen LogP contribution in [0.4, 0.5) is 0 Å². The Morgan fingerprint density at radius 2 is 1.91 bits per heavy atom. The highest BCUT2D eigenvalue weighted by Gasteiger charge is 2.27. The third-order valence-electron chi connectivity index (χ3n) is 3.58. The first-order valence-electron chi connectivity index (χ1n) is 7.29. The van der Waals surface area contributed by atoms with Gasteiger partial charge in [0.05, 0.1) is 11.3 Å². The van der Waals surface area contributed by atoms with Crippen molar-refractivity contribution in [3.05, 3.63) is 16.1 Å². The Morgan fingerprint density at radius 3 is 2.45 bits per heavy atom. The van der Waals surface area contributed by atoms with Crippen molar-refractivity contribution >= 4 is 27.3 Å². The third-order valence-corrected chi connectivity index (χ3v) is 6.15. The Morgan fingerprint density at radius 1 is 1.23 bits per heavy atom. The van der Waals surface area contributed by atoms with Gasteiger partial charge in [-0.25, -0.2) is 17.7 Å². The second kappa shape index (κ2) is 6.25. The number of nitrogens with zero attached hydrogens (tertiary/aromatic N) is 3. The minimum absolute atomic E-state index is 0.0743. The van der Waals surface area contributed by atoms with Crippen LogP contribution in [0.25, 0.3) is 0 Å². The Labute approximate surface area is 136 Å². The van der Waals surface area contributed by atoms with Gasteiger partial charge in [-0.1, -0.05) is 20.8 Å². The van der Waals surface area contributed by atoms with Gasteiger partial charge in [-0.2, -0.15) is 0 Å². The van der Waals surface area contributed by atoms with Crippen LogP contribution >= 0.6 is 11.3 Å². The van der Waals surface area contributed by atoms with Gasteiger partial charge in [-0.05, 0) is 6.42 Å². The van der Waals surface area contributed by atoms with E-state index >= 15 is 0 Å². The zero-order chi connectivity index (χ0) is 16.5. The summed E-state index contributed by atoms with van der Waals surface area (Å²) in [4.78, 5) is 18.7. The molecule has 6 nitrogen and oxygen atoms in total. The summed E-state index contributed by atoms with van der Waals surface area (Å²) < 4.78 is 24.7. The molecule has 0 atom stereocenters. The van der Waals surface area contributed by atoms with Crippen molar-refractivity contribution in [3.63, 3.8) is 0 Å². The highest BCUT2D eigenvalue weighted by molar-refractivity contribution is 7.88. The van der Waals surface area contributed by atoms with Crippen molar-refractivity contribution in [1.29, 1.82) is 0 Å². The molecule has 0 radical (unpaired) electrons. The molecule has 0 unspecified atom stereocenters. The highest BCUT2D eigenvalue weighted by atomic mass is 32.2. The van der Waals surface area contributed by atoms with Crippen molar-refractivity contribution in [2.45, 2.75) is 32.6 Å². The summed E-state index contributed by atoms with van der Waals surface area (Å²) in [5.74, 6) is -0.109. The summed E-state index contributed by atoms with van der Waals surface area (Å²) in [6.07, 6.45) is 1.86. The summed E-state index contributed by atoms with van der Waals surface area (Å²) in [6, 6.07) is 0. The fraction of sp³-hybridized carbons (Fsp3) is 0.714. The number of amides is 1. The van der Waals surface area contributed by atoms with E-state index in [-0.39, 0.29) is 11.3 Å². The standard InChI is InChI=1S/C14H23N3O3S2/c1-14(2,3)13-15-11(10-21-13)12(18)16-6-5-7-17(9-8-16)22(4,19)20/h10H,5-9H2,1-4H3. The Balaban J connectivity index is 2.09. The second-order valence-corrected chi connectivity index (χ2v) is 9.44. The largest absolute Gasteiger partial charge is 0.336 e. The molecule has 1 amide bonds. The maximum Gasteiger partial charge on any atom is 0.273 e. The molecule has 1 aliphatic rings. The van der Waals surface area contributed by atoms with Crippen molar-refractivity contribution < 1.29 is 13.2 Å². The maximum atomic E-state index is 12.6. The van der Waals surface area contributed by atoms with Crippen LogP contribution in [0.2, 0.25) is 0 Å². The van der Waals surface area contributed by atoms with Gasteiger partial charge in [0, 0.05) is 37.0 Å². The van der Waals surface area contributed by atoms with Crippen molar-refractivity contribution in [1.82, 2.24) is 14.2 Å². The van der Waals surface area contributed by atoms with E-state index in [0.29, 0.717) is 38.3 Å². The molecular weight excluding hydrogens is 322 g/mol. The summed E-state index contributed by atoms with van der Waals surface area (Å²) in [7, 11) is -3.20. The zero-order valence-corrected chi connectivity index (χ0v) is 15.1. The van der Waals surface area contributed by atoms with Crippen LogP contribution in [-0.4, -0.2) is 60.9 Å². The molecule has 2 heterocycles. The lowest BCUT2D eigenvalue weighted by Crippen LogP contribution is -2.37. The van der Waals surface area contributed by atoms with Crippen LogP contribution in [0.15, 0.2) is 5.38 Å². The lowest BCUT2D eigenvalue weighted by molar-refractivity contribution is 0.0759. The van der Waals surface area contributed by atoms with E-state index in [1.807, 2.05) is 0 Å². The van der Waals surface area contributed by atoms with E-state index in [2.05, 4.69) is 25.8 Å². The first-order valence-corrected chi connectivity index (χ1v) is 10.0. The van der Waals surface area contributed by atoms with E-state index in [1.54, 1.807) is 10.3 Å². The number of sulfonamides is 1. The molecule has 0 aromatic carbocycles. The smallest absolute Gasteiger partial charge is 0.273 e. The molecule has 2 rings (SSSR count). The van der Waals surface area contributed by atoms with Crippen LogP contribution in [0.1, 0.15) is 42.7 Å². The molecular formula is C14H23N3O3S2. The molecule has 0 aliphatic carbocycles. The Kier molecular flexibility index (Phi) is 4.93. The minimum Gasteiger partial charge on any atom is -0.336 e. The van der Waals surface area contributed by atoms with Crippen LogP contribution in [0.3, 0.4) is 0 Å². The van der Waals surface area contributed by atoms with Crippen LogP contribution < -0.4 is 0 Å². The number of aromatic nitrogens is 1. The van der Waals surface area contributed by atoms with Crippen LogP contribution in [0.5, 0.6) is 0 Å². The summed E-state index contributed by atoms with van der Waals surface area (Å²) in [5.41, 5.74) is 0.387. The molecule has 1 aliphatic heterocycles. The van der Waals surface area contributed by atoms with Gasteiger partial charge in [0.2, 0.25) is 10.0 Å². The zero-order valence-electron chi connectivity index (χ0n) is 13.5. The molecule has 1 aromatic rings. The first-order chi connectivity index (χ1) is 10.1. The molecule has 1 saturated heterocycles. The van der Waals surface area contributed by atoms with Crippen LogP contribution in [-0.2, 0) is 15.4 Å². The molecule has 22 heavy (non-hydrogen) atoms. The number of thiazole rings is 1. The summed E-state index contributed by atoms with van der Waals surface area (Å²) in [6.45, 7) is 7.98. The lowest BCUT2D eigenvalue weighted by Gasteiger charge is -2.20. The van der Waals surface area contributed by atoms with Crippen molar-refractivity contribution in [2.24, 2.45) is 0 Å². The average molecular weight is 345 g/mol. The van der Waals surface area contributed by atoms with Crippen molar-refractivity contribution in [3.8, 4) is 0 Å². The topological polar surface area (TPSA) is 70.6 Å². The molecule has 124 valence electrons. The Hall–Kier alpha value is -0.990.